The highest BCUT2D eigenvalue weighted by atomic mass is 79.9. The number of aliphatic hydroxyl groups is 1. The number of amides is 2. The number of nitrogens with zero attached hydrogens (tertiary/aromatic N) is 3. The predicted octanol–water partition coefficient (Wildman–Crippen LogP) is 4.41. The first-order chi connectivity index (χ1) is 20.7. The molecule has 2 aromatic heterocycles. The first-order valence-corrected chi connectivity index (χ1v) is 15.7. The van der Waals surface area contributed by atoms with Crippen LogP contribution in [0, 0.1) is 5.92 Å². The number of carbonyl (C=O) groups excluding carboxylic acids is 3. The van der Waals surface area contributed by atoms with Crippen molar-refractivity contribution in [3.63, 3.8) is 0 Å². The molecule has 43 heavy (non-hydrogen) atoms. The normalized spacial score (nSPS) is 16.5. The van der Waals surface area contributed by atoms with Gasteiger partial charge in [-0.3, -0.25) is 9.59 Å². The van der Waals surface area contributed by atoms with Gasteiger partial charge in [-0.15, -0.1) is 11.8 Å². The number of pyridine rings is 2. The standard InChI is InChI=1S/C30H32BrN5O6S/c1-3-42-26(39)9-5-17-4-7-21(27-19(17)6-8-25(34-27)41-2)32-30(40)18-10-12-36(13-11-18)15-22(37)28-20(31)14-23-29(35-28)33-24(38)16-43-23/h4-9,14,18,22,37H,3,10-13,15-16H2,1-2H3,(H,32,40)(H,33,35,38)/b9-5+. The highest BCUT2D eigenvalue weighted by Crippen LogP contribution is 2.36. The third-order valence-corrected chi connectivity index (χ3v) is 8.97. The zero-order valence-corrected chi connectivity index (χ0v) is 26.2. The van der Waals surface area contributed by atoms with E-state index in [1.807, 2.05) is 18.2 Å². The second-order valence-electron chi connectivity index (χ2n) is 10.2. The van der Waals surface area contributed by atoms with Gasteiger partial charge in [0, 0.05) is 34.5 Å². The van der Waals surface area contributed by atoms with Crippen LogP contribution in [0.25, 0.3) is 17.0 Å². The van der Waals surface area contributed by atoms with Crippen molar-refractivity contribution in [2.45, 2.75) is 30.8 Å². The summed E-state index contributed by atoms with van der Waals surface area (Å²) in [4.78, 5) is 49.0. The van der Waals surface area contributed by atoms with Gasteiger partial charge in [-0.2, -0.15) is 0 Å². The minimum Gasteiger partial charge on any atom is -0.481 e. The van der Waals surface area contributed by atoms with Crippen LogP contribution in [0.3, 0.4) is 0 Å². The number of aliphatic hydroxyl groups excluding tert-OH is 1. The van der Waals surface area contributed by atoms with E-state index in [4.69, 9.17) is 9.47 Å². The molecule has 2 aliphatic heterocycles. The van der Waals surface area contributed by atoms with Crippen LogP contribution >= 0.6 is 27.7 Å². The number of likely N-dealkylation sites (tertiary alicyclic amines) is 1. The summed E-state index contributed by atoms with van der Waals surface area (Å²) in [6.45, 7) is 3.66. The number of methoxy groups -OCH3 is 1. The van der Waals surface area contributed by atoms with Gasteiger partial charge in [0.1, 0.15) is 11.9 Å². The average molecular weight is 671 g/mol. The van der Waals surface area contributed by atoms with Crippen LogP contribution in [0.2, 0.25) is 0 Å². The van der Waals surface area contributed by atoms with Crippen molar-refractivity contribution in [2.24, 2.45) is 5.92 Å². The molecule has 5 rings (SSSR count). The van der Waals surface area contributed by atoms with Crippen LogP contribution in [-0.2, 0) is 19.1 Å². The lowest BCUT2D eigenvalue weighted by molar-refractivity contribution is -0.137. The fraction of sp³-hybridized carbons (Fsp3) is 0.367. The number of hydrogen-bond donors (Lipinski definition) is 3. The van der Waals surface area contributed by atoms with Crippen LogP contribution < -0.4 is 15.4 Å². The molecule has 0 saturated carbocycles. The van der Waals surface area contributed by atoms with Crippen LogP contribution in [-0.4, -0.2) is 76.9 Å². The number of nitrogens with one attached hydrogen (secondary N) is 2. The maximum Gasteiger partial charge on any atom is 0.330 e. The predicted molar refractivity (Wildman–Crippen MR) is 168 cm³/mol. The Balaban J connectivity index is 1.23. The minimum absolute atomic E-state index is 0.103. The fourth-order valence-corrected chi connectivity index (χ4v) is 6.63. The minimum atomic E-state index is -0.863. The van der Waals surface area contributed by atoms with Crippen molar-refractivity contribution in [3.05, 3.63) is 52.1 Å². The molecule has 1 saturated heterocycles. The first-order valence-electron chi connectivity index (χ1n) is 13.9. The summed E-state index contributed by atoms with van der Waals surface area (Å²) in [5, 5.41) is 17.5. The van der Waals surface area contributed by atoms with E-state index in [0.29, 0.717) is 71.3 Å². The smallest absolute Gasteiger partial charge is 0.330 e. The van der Waals surface area contributed by atoms with E-state index in [1.165, 1.54) is 24.9 Å². The molecule has 0 radical (unpaired) electrons. The highest BCUT2D eigenvalue weighted by molar-refractivity contribution is 9.10. The summed E-state index contributed by atoms with van der Waals surface area (Å²) >= 11 is 4.92. The molecule has 4 heterocycles. The van der Waals surface area contributed by atoms with Crippen LogP contribution in [0.1, 0.15) is 37.1 Å². The molecule has 1 fully saturated rings. The Hall–Kier alpha value is -3.52. The van der Waals surface area contributed by atoms with E-state index in [2.05, 4.69) is 41.4 Å². The Bertz CT molecular complexity index is 1580. The Morgan fingerprint density at radius 2 is 2.05 bits per heavy atom. The van der Waals surface area contributed by atoms with Gasteiger partial charge in [0.05, 0.1) is 41.3 Å². The van der Waals surface area contributed by atoms with Gasteiger partial charge >= 0.3 is 5.97 Å². The van der Waals surface area contributed by atoms with Gasteiger partial charge in [-0.05, 0) is 78.6 Å². The Morgan fingerprint density at radius 1 is 1.26 bits per heavy atom. The zero-order valence-electron chi connectivity index (χ0n) is 23.8. The monoisotopic (exact) mass is 669 g/mol. The van der Waals surface area contributed by atoms with Crippen LogP contribution in [0.15, 0.2) is 45.8 Å². The molecular formula is C30H32BrN5O6S. The van der Waals surface area contributed by atoms with Gasteiger partial charge in [0.25, 0.3) is 0 Å². The van der Waals surface area contributed by atoms with E-state index in [-0.39, 0.29) is 24.3 Å². The molecule has 0 spiro atoms. The quantitative estimate of drug-likeness (QED) is 0.222. The summed E-state index contributed by atoms with van der Waals surface area (Å²) in [7, 11) is 1.53. The largest absolute Gasteiger partial charge is 0.481 e. The number of anilines is 2. The van der Waals surface area contributed by atoms with E-state index in [0.717, 1.165) is 15.8 Å². The number of benzene rings is 1. The number of ether oxygens (including phenoxy) is 2. The Morgan fingerprint density at radius 3 is 2.79 bits per heavy atom. The average Bonchev–Trinajstić information content (AvgIpc) is 3.00. The lowest BCUT2D eigenvalue weighted by Gasteiger charge is -2.32. The molecule has 11 nitrogen and oxygen atoms in total. The number of esters is 1. The number of aromatic nitrogens is 2. The van der Waals surface area contributed by atoms with E-state index in [1.54, 1.807) is 25.1 Å². The molecule has 3 N–H and O–H groups in total. The summed E-state index contributed by atoms with van der Waals surface area (Å²) < 4.78 is 11.0. The second kappa shape index (κ2) is 13.8. The van der Waals surface area contributed by atoms with Crippen LogP contribution in [0.4, 0.5) is 11.5 Å². The van der Waals surface area contributed by atoms with E-state index < -0.39 is 12.1 Å². The highest BCUT2D eigenvalue weighted by Gasteiger charge is 2.28. The zero-order chi connectivity index (χ0) is 30.5. The number of rotatable bonds is 9. The van der Waals surface area contributed by atoms with Crippen molar-refractivity contribution < 1.29 is 29.0 Å². The van der Waals surface area contributed by atoms with Gasteiger partial charge in [0.15, 0.2) is 0 Å². The lowest BCUT2D eigenvalue weighted by atomic mass is 9.95. The summed E-state index contributed by atoms with van der Waals surface area (Å²) in [6.07, 6.45) is 3.41. The number of β-amino-alcohol motifs (C(OH)–C–C–N with tert-alkyl or cyclic N) is 1. The van der Waals surface area contributed by atoms with Gasteiger partial charge < -0.3 is 30.1 Å². The molecule has 1 aromatic carbocycles. The number of hydrogen-bond acceptors (Lipinski definition) is 10. The molecule has 1 atom stereocenters. The topological polar surface area (TPSA) is 143 Å². The summed E-state index contributed by atoms with van der Waals surface area (Å²) in [6, 6.07) is 9.04. The van der Waals surface area contributed by atoms with Crippen molar-refractivity contribution in [2.75, 3.05) is 49.7 Å². The lowest BCUT2D eigenvalue weighted by Crippen LogP contribution is -2.40. The maximum absolute atomic E-state index is 13.3. The second-order valence-corrected chi connectivity index (χ2v) is 12.0. The SMILES string of the molecule is CCOC(=O)/C=C/c1ccc(NC(=O)C2CCN(CC(O)c3nc4c(cc3Br)SCC(=O)N4)CC2)c2nc(OC)ccc12. The fourth-order valence-electron chi connectivity index (χ4n) is 5.10. The first kappa shape index (κ1) is 30.9. The van der Waals surface area contributed by atoms with Gasteiger partial charge in [-0.1, -0.05) is 6.07 Å². The molecule has 226 valence electrons. The number of thioether (sulfide) groups is 1. The third-order valence-electron chi connectivity index (χ3n) is 7.31. The molecular weight excluding hydrogens is 638 g/mol. The van der Waals surface area contributed by atoms with Gasteiger partial charge in [-0.25, -0.2) is 14.8 Å². The van der Waals surface area contributed by atoms with Crippen molar-refractivity contribution in [1.82, 2.24) is 14.9 Å². The molecule has 1 unspecified atom stereocenters. The Labute approximate surface area is 261 Å². The molecule has 2 amide bonds. The summed E-state index contributed by atoms with van der Waals surface area (Å²) in [5.74, 6) is 0.350. The molecule has 0 bridgehead atoms. The summed E-state index contributed by atoms with van der Waals surface area (Å²) in [5.41, 5.74) is 2.33. The van der Waals surface area contributed by atoms with Gasteiger partial charge in [0.2, 0.25) is 17.7 Å². The molecule has 3 aromatic rings. The van der Waals surface area contributed by atoms with E-state index >= 15 is 0 Å². The number of piperidine rings is 1. The molecule has 0 aliphatic carbocycles. The number of carbonyl (C=O) groups is 3. The Kier molecular flexibility index (Phi) is 9.96. The molecule has 13 heteroatoms. The van der Waals surface area contributed by atoms with Crippen molar-refractivity contribution in [1.29, 1.82) is 0 Å². The number of fused-ring (bicyclic) bond motifs is 2. The van der Waals surface area contributed by atoms with Crippen molar-refractivity contribution in [3.8, 4) is 5.88 Å². The molecule has 2 aliphatic rings. The van der Waals surface area contributed by atoms with Crippen molar-refractivity contribution >= 4 is 74.0 Å². The maximum atomic E-state index is 13.3. The third kappa shape index (κ3) is 7.35. The van der Waals surface area contributed by atoms with Crippen LogP contribution in [0.5, 0.6) is 5.88 Å². The van der Waals surface area contributed by atoms with E-state index in [9.17, 15) is 19.5 Å². The number of halogens is 1.